The Bertz CT molecular complexity index is 781. The molecule has 1 aliphatic rings. The van der Waals surface area contributed by atoms with Crippen molar-refractivity contribution in [2.45, 2.75) is 24.4 Å². The molecular weight excluding hydrogens is 381 g/mol. The third-order valence-electron chi connectivity index (χ3n) is 3.34. The number of halogens is 4. The first-order valence-corrected chi connectivity index (χ1v) is 9.15. The molecule has 0 radical (unpaired) electrons. The molecular formula is C14H16ClF3N4O2S. The molecule has 1 heterocycles. The van der Waals surface area contributed by atoms with E-state index in [-0.39, 0.29) is 22.4 Å². The van der Waals surface area contributed by atoms with Gasteiger partial charge in [0.2, 0.25) is 5.96 Å². The van der Waals surface area contributed by atoms with Crippen LogP contribution in [0.2, 0.25) is 5.02 Å². The van der Waals surface area contributed by atoms with Crippen LogP contribution in [0.15, 0.2) is 38.7 Å². The number of rotatable bonds is 4. The quantitative estimate of drug-likeness (QED) is 0.627. The highest BCUT2D eigenvalue weighted by molar-refractivity contribution is 7.90. The number of guanidine groups is 1. The van der Waals surface area contributed by atoms with Crippen LogP contribution in [-0.4, -0.2) is 44.9 Å². The van der Waals surface area contributed by atoms with Gasteiger partial charge in [-0.15, -0.1) is 4.40 Å². The summed E-state index contributed by atoms with van der Waals surface area (Å²) in [6.07, 6.45) is -2.27. The van der Waals surface area contributed by atoms with E-state index in [0.717, 1.165) is 5.01 Å². The molecule has 1 aromatic carbocycles. The zero-order chi connectivity index (χ0) is 18.7. The molecule has 25 heavy (non-hydrogen) atoms. The van der Waals surface area contributed by atoms with Gasteiger partial charge < -0.3 is 5.32 Å². The second kappa shape index (κ2) is 7.61. The molecule has 1 unspecified atom stereocenters. The molecule has 0 aromatic heterocycles. The predicted molar refractivity (Wildman–Crippen MR) is 89.1 cm³/mol. The lowest BCUT2D eigenvalue weighted by molar-refractivity contribution is -0.122. The first-order chi connectivity index (χ1) is 11.6. The molecule has 0 spiro atoms. The van der Waals surface area contributed by atoms with E-state index in [4.69, 9.17) is 11.6 Å². The minimum absolute atomic E-state index is 0.00626. The Morgan fingerprint density at radius 2 is 2.20 bits per heavy atom. The van der Waals surface area contributed by atoms with Crippen molar-refractivity contribution in [3.63, 3.8) is 0 Å². The second-order valence-corrected chi connectivity index (χ2v) is 7.37. The van der Waals surface area contributed by atoms with Gasteiger partial charge >= 0.3 is 6.18 Å². The minimum Gasteiger partial charge on any atom is -0.345 e. The van der Waals surface area contributed by atoms with E-state index < -0.39 is 28.7 Å². The highest BCUT2D eigenvalue weighted by Gasteiger charge is 2.30. The number of hydrogen-bond donors (Lipinski definition) is 1. The third-order valence-corrected chi connectivity index (χ3v) is 4.84. The molecule has 0 saturated carbocycles. The van der Waals surface area contributed by atoms with Gasteiger partial charge in [-0.25, -0.2) is 5.01 Å². The summed E-state index contributed by atoms with van der Waals surface area (Å²) in [5, 5.41) is 7.24. The first kappa shape index (κ1) is 19.5. The molecule has 1 aliphatic heterocycles. The number of nitrogens with zero attached hydrogens (tertiary/aromatic N) is 3. The van der Waals surface area contributed by atoms with Gasteiger partial charge in [-0.3, -0.25) is 0 Å². The molecule has 0 amide bonds. The van der Waals surface area contributed by atoms with Gasteiger partial charge in [0, 0.05) is 17.2 Å². The summed E-state index contributed by atoms with van der Waals surface area (Å²) in [4.78, 5) is -0.221. The summed E-state index contributed by atoms with van der Waals surface area (Å²) in [5.41, 5.74) is 0. The van der Waals surface area contributed by atoms with Gasteiger partial charge in [-0.1, -0.05) is 24.6 Å². The van der Waals surface area contributed by atoms with Gasteiger partial charge in [0.05, 0.1) is 11.4 Å². The predicted octanol–water partition coefficient (Wildman–Crippen LogP) is 2.86. The van der Waals surface area contributed by atoms with Crippen LogP contribution >= 0.6 is 11.6 Å². The van der Waals surface area contributed by atoms with E-state index in [1.807, 2.05) is 12.2 Å². The van der Waals surface area contributed by atoms with Crippen molar-refractivity contribution in [1.82, 2.24) is 10.3 Å². The summed E-state index contributed by atoms with van der Waals surface area (Å²) in [7, 11) is -4.25. The van der Waals surface area contributed by atoms with Crippen LogP contribution in [0.3, 0.4) is 0 Å². The standard InChI is InChI=1S/C14H16ClF3N4O2S/c1-2-10-7-20-22(8-10)13(19-9-14(16,17)18)21-25(23,24)12-5-3-4-11(15)6-12/h3-7,10H,2,8-9H2,1H3,(H,19,21). The van der Waals surface area contributed by atoms with Crippen LogP contribution < -0.4 is 5.32 Å². The molecule has 1 aromatic rings. The molecule has 1 atom stereocenters. The molecule has 1 N–H and O–H groups in total. The number of sulfonamides is 1. The summed E-state index contributed by atoms with van der Waals surface area (Å²) in [6, 6.07) is 5.32. The molecule has 0 saturated heterocycles. The van der Waals surface area contributed by atoms with Crippen LogP contribution in [0, 0.1) is 5.92 Å². The van der Waals surface area contributed by atoms with Crippen molar-refractivity contribution in [2.75, 3.05) is 13.1 Å². The van der Waals surface area contributed by atoms with E-state index >= 15 is 0 Å². The smallest absolute Gasteiger partial charge is 0.345 e. The molecule has 0 fully saturated rings. The van der Waals surface area contributed by atoms with Crippen LogP contribution in [0.5, 0.6) is 0 Å². The van der Waals surface area contributed by atoms with Crippen LogP contribution in [-0.2, 0) is 10.0 Å². The van der Waals surface area contributed by atoms with Gasteiger partial charge in [-0.2, -0.15) is 26.7 Å². The van der Waals surface area contributed by atoms with E-state index in [1.165, 1.54) is 24.3 Å². The fraction of sp³-hybridized carbons (Fsp3) is 0.429. The summed E-state index contributed by atoms with van der Waals surface area (Å²) < 4.78 is 65.8. The van der Waals surface area contributed by atoms with E-state index in [9.17, 15) is 21.6 Å². The lowest BCUT2D eigenvalue weighted by Crippen LogP contribution is -2.43. The topological polar surface area (TPSA) is 74.1 Å². The largest absolute Gasteiger partial charge is 0.405 e. The molecule has 138 valence electrons. The van der Waals surface area contributed by atoms with Crippen molar-refractivity contribution in [3.05, 3.63) is 29.3 Å². The highest BCUT2D eigenvalue weighted by Crippen LogP contribution is 2.19. The van der Waals surface area contributed by atoms with Crippen molar-refractivity contribution in [3.8, 4) is 0 Å². The molecule has 0 aliphatic carbocycles. The minimum atomic E-state index is -4.53. The van der Waals surface area contributed by atoms with Gasteiger partial charge in [0.1, 0.15) is 6.54 Å². The van der Waals surface area contributed by atoms with E-state index in [0.29, 0.717) is 6.42 Å². The summed E-state index contributed by atoms with van der Waals surface area (Å²) >= 11 is 5.76. The molecule has 6 nitrogen and oxygen atoms in total. The lowest BCUT2D eigenvalue weighted by atomic mass is 10.1. The number of benzene rings is 1. The number of alkyl halides is 3. The fourth-order valence-corrected chi connectivity index (χ4v) is 3.28. The van der Waals surface area contributed by atoms with E-state index in [1.54, 1.807) is 6.21 Å². The molecule has 2 rings (SSSR count). The Kier molecular flexibility index (Phi) is 5.94. The Balaban J connectivity index is 2.33. The Labute approximate surface area is 148 Å². The van der Waals surface area contributed by atoms with Gasteiger partial charge in [0.25, 0.3) is 10.0 Å². The SMILES string of the molecule is CCC1C=NN(/C(=N/S(=O)(=O)c2cccc(Cl)c2)NCC(F)(F)F)C1. The maximum absolute atomic E-state index is 12.5. The molecule has 0 bridgehead atoms. The van der Waals surface area contributed by atoms with Crippen molar-refractivity contribution in [1.29, 1.82) is 0 Å². The average molecular weight is 397 g/mol. The fourth-order valence-electron chi connectivity index (χ4n) is 2.01. The van der Waals surface area contributed by atoms with Crippen molar-refractivity contribution in [2.24, 2.45) is 15.4 Å². The molecule has 11 heteroatoms. The average Bonchev–Trinajstić information content (AvgIpc) is 2.99. The Morgan fingerprint density at radius 3 is 2.76 bits per heavy atom. The summed E-state index contributed by atoms with van der Waals surface area (Å²) in [6.45, 7) is 0.702. The lowest BCUT2D eigenvalue weighted by Gasteiger charge is -2.19. The van der Waals surface area contributed by atoms with Crippen LogP contribution in [0.1, 0.15) is 13.3 Å². The Hall–Kier alpha value is -1.81. The maximum Gasteiger partial charge on any atom is 0.405 e. The van der Waals surface area contributed by atoms with E-state index in [2.05, 4.69) is 9.50 Å². The highest BCUT2D eigenvalue weighted by atomic mass is 35.5. The zero-order valence-corrected chi connectivity index (χ0v) is 14.7. The Morgan fingerprint density at radius 1 is 1.48 bits per heavy atom. The maximum atomic E-state index is 12.5. The number of hydrazone groups is 1. The van der Waals surface area contributed by atoms with Crippen LogP contribution in [0.25, 0.3) is 0 Å². The number of nitrogens with one attached hydrogen (secondary N) is 1. The monoisotopic (exact) mass is 396 g/mol. The first-order valence-electron chi connectivity index (χ1n) is 7.33. The zero-order valence-electron chi connectivity index (χ0n) is 13.2. The van der Waals surface area contributed by atoms with Gasteiger partial charge in [-0.05, 0) is 24.6 Å². The van der Waals surface area contributed by atoms with Gasteiger partial charge in [0.15, 0.2) is 0 Å². The van der Waals surface area contributed by atoms with Crippen LogP contribution in [0.4, 0.5) is 13.2 Å². The summed E-state index contributed by atoms with van der Waals surface area (Å²) in [5.74, 6) is -0.476. The van der Waals surface area contributed by atoms with Crippen molar-refractivity contribution >= 4 is 33.8 Å². The van der Waals surface area contributed by atoms with Crippen molar-refractivity contribution < 1.29 is 21.6 Å². The number of hydrogen-bond acceptors (Lipinski definition) is 3. The second-order valence-electron chi connectivity index (χ2n) is 5.33. The normalized spacial score (nSPS) is 18.7. The third kappa shape index (κ3) is 5.60.